The van der Waals surface area contributed by atoms with E-state index in [0.717, 1.165) is 46.0 Å². The summed E-state index contributed by atoms with van der Waals surface area (Å²) in [6.07, 6.45) is 3.19. The van der Waals surface area contributed by atoms with Crippen molar-refractivity contribution in [3.63, 3.8) is 0 Å². The molecule has 0 radical (unpaired) electrons. The van der Waals surface area contributed by atoms with Gasteiger partial charge in [0.1, 0.15) is 11.9 Å². The molecule has 154 valence electrons. The molecule has 6 heteroatoms. The van der Waals surface area contributed by atoms with Gasteiger partial charge in [-0.2, -0.15) is 0 Å². The van der Waals surface area contributed by atoms with Gasteiger partial charge in [0.25, 0.3) is 5.91 Å². The normalized spacial score (nSPS) is 14.4. The molecule has 0 saturated heterocycles. The second-order valence-electron chi connectivity index (χ2n) is 7.79. The van der Waals surface area contributed by atoms with Gasteiger partial charge in [-0.25, -0.2) is 4.98 Å². The third kappa shape index (κ3) is 4.33. The number of rotatable bonds is 6. The summed E-state index contributed by atoms with van der Waals surface area (Å²) in [5, 5.41) is 7.78. The summed E-state index contributed by atoms with van der Waals surface area (Å²) in [5.74, 6) is 0.597. The molecule has 1 aliphatic carbocycles. The Balaban J connectivity index is 1.60. The molecule has 2 aromatic carbocycles. The number of nitrogens with one attached hydrogen (secondary N) is 2. The molecule has 1 aromatic heterocycles. The predicted octanol–water partition coefficient (Wildman–Crippen LogP) is 4.53. The molecule has 1 atom stereocenters. The van der Waals surface area contributed by atoms with Gasteiger partial charge in [0.15, 0.2) is 0 Å². The van der Waals surface area contributed by atoms with Crippen LogP contribution in [0.5, 0.6) is 0 Å². The lowest BCUT2D eigenvalue weighted by Gasteiger charge is -2.14. The van der Waals surface area contributed by atoms with Crippen molar-refractivity contribution in [3.05, 3.63) is 54.2 Å². The van der Waals surface area contributed by atoms with Crippen LogP contribution < -0.4 is 10.6 Å². The average molecular weight is 403 g/mol. The molecular weight excluding hydrogens is 378 g/mol. The maximum absolute atomic E-state index is 12.1. The molecule has 3 aromatic rings. The zero-order valence-electron chi connectivity index (χ0n) is 17.4. The molecule has 1 fully saturated rings. The summed E-state index contributed by atoms with van der Waals surface area (Å²) in [4.78, 5) is 28.5. The first-order valence-electron chi connectivity index (χ1n) is 10.1. The maximum Gasteiger partial charge on any atom is 0.253 e. The molecule has 1 heterocycles. The van der Waals surface area contributed by atoms with E-state index in [4.69, 9.17) is 4.74 Å². The van der Waals surface area contributed by atoms with E-state index in [9.17, 15) is 9.59 Å². The van der Waals surface area contributed by atoms with E-state index in [1.807, 2.05) is 43.3 Å². The second-order valence-corrected chi connectivity index (χ2v) is 7.79. The van der Waals surface area contributed by atoms with Gasteiger partial charge in [-0.15, -0.1) is 0 Å². The molecule has 30 heavy (non-hydrogen) atoms. The van der Waals surface area contributed by atoms with Crippen molar-refractivity contribution in [1.82, 2.24) is 4.98 Å². The van der Waals surface area contributed by atoms with Gasteiger partial charge in [-0.05, 0) is 73.0 Å². The Bertz CT molecular complexity index is 1120. The maximum atomic E-state index is 12.1. The van der Waals surface area contributed by atoms with Crippen LogP contribution in [0, 0.1) is 12.8 Å². The van der Waals surface area contributed by atoms with Gasteiger partial charge >= 0.3 is 0 Å². The smallest absolute Gasteiger partial charge is 0.253 e. The van der Waals surface area contributed by atoms with Crippen molar-refractivity contribution in [2.75, 3.05) is 17.7 Å². The molecular formula is C24H25N3O3. The number of ether oxygens (including phenoxy) is 1. The van der Waals surface area contributed by atoms with E-state index in [-0.39, 0.29) is 17.7 Å². The fourth-order valence-corrected chi connectivity index (χ4v) is 3.31. The number of anilines is 2. The van der Waals surface area contributed by atoms with E-state index in [0.29, 0.717) is 5.82 Å². The number of pyridine rings is 1. The first kappa shape index (κ1) is 20.0. The van der Waals surface area contributed by atoms with Crippen molar-refractivity contribution in [2.24, 2.45) is 5.92 Å². The molecule has 0 aliphatic heterocycles. The van der Waals surface area contributed by atoms with E-state index < -0.39 is 6.10 Å². The van der Waals surface area contributed by atoms with Crippen LogP contribution in [0.25, 0.3) is 21.9 Å². The summed E-state index contributed by atoms with van der Waals surface area (Å²) in [5.41, 5.74) is 3.90. The highest BCUT2D eigenvalue weighted by molar-refractivity contribution is 5.97. The van der Waals surface area contributed by atoms with Gasteiger partial charge in [0.05, 0.1) is 0 Å². The summed E-state index contributed by atoms with van der Waals surface area (Å²) in [6.45, 7) is 3.75. The van der Waals surface area contributed by atoms with E-state index in [1.54, 1.807) is 13.1 Å². The minimum Gasteiger partial charge on any atom is -0.372 e. The third-order valence-electron chi connectivity index (χ3n) is 5.46. The van der Waals surface area contributed by atoms with Crippen molar-refractivity contribution in [3.8, 4) is 11.1 Å². The van der Waals surface area contributed by atoms with E-state index in [2.05, 4.69) is 21.7 Å². The molecule has 1 saturated carbocycles. The number of fused-ring (bicyclic) bond motifs is 1. The SMILES string of the molecule is COC(C)C(=O)Nc1ccc(C)c(-c2ccc3cc(NC(=O)C4CC4)ncc3c2)c1. The second kappa shape index (κ2) is 8.24. The van der Waals surface area contributed by atoms with Crippen LogP contribution in [0.3, 0.4) is 0 Å². The Kier molecular flexibility index (Phi) is 5.50. The van der Waals surface area contributed by atoms with E-state index >= 15 is 0 Å². The highest BCUT2D eigenvalue weighted by atomic mass is 16.5. The number of benzene rings is 2. The number of aryl methyl sites for hydroxylation is 1. The standard InChI is InChI=1S/C24H25N3O3/c1-14-4-9-20(26-23(28)15(2)30-3)12-21(14)18-8-7-17-11-22(25-13-19(17)10-18)27-24(29)16-5-6-16/h4,7-13,15-16H,5-6H2,1-3H3,(H,26,28)(H,25,27,29). The largest absolute Gasteiger partial charge is 0.372 e. The highest BCUT2D eigenvalue weighted by Gasteiger charge is 2.29. The van der Waals surface area contributed by atoms with Crippen LogP contribution in [-0.4, -0.2) is 30.0 Å². The quantitative estimate of drug-likeness (QED) is 0.634. The molecule has 1 aliphatic rings. The lowest BCUT2D eigenvalue weighted by molar-refractivity contribution is -0.124. The predicted molar refractivity (Wildman–Crippen MR) is 118 cm³/mol. The van der Waals surface area contributed by atoms with Gasteiger partial charge in [-0.1, -0.05) is 18.2 Å². The molecule has 4 rings (SSSR count). The fraction of sp³-hybridized carbons (Fsp3) is 0.292. The van der Waals surface area contributed by atoms with Crippen LogP contribution in [0.2, 0.25) is 0 Å². The first-order valence-corrected chi connectivity index (χ1v) is 10.1. The summed E-state index contributed by atoms with van der Waals surface area (Å²) in [7, 11) is 1.51. The summed E-state index contributed by atoms with van der Waals surface area (Å²) >= 11 is 0. The molecule has 2 amide bonds. The average Bonchev–Trinajstić information content (AvgIpc) is 3.59. The van der Waals surface area contributed by atoms with Crippen molar-refractivity contribution in [1.29, 1.82) is 0 Å². The minimum absolute atomic E-state index is 0.0516. The summed E-state index contributed by atoms with van der Waals surface area (Å²) in [6, 6.07) is 13.9. The number of carbonyl (C=O) groups excluding carboxylic acids is 2. The number of nitrogens with zero attached hydrogens (tertiary/aromatic N) is 1. The molecule has 2 N–H and O–H groups in total. The Morgan fingerprint density at radius 3 is 2.60 bits per heavy atom. The molecule has 0 bridgehead atoms. The number of methoxy groups -OCH3 is 1. The van der Waals surface area contributed by atoms with E-state index in [1.165, 1.54) is 7.11 Å². The first-order chi connectivity index (χ1) is 14.4. The Morgan fingerprint density at radius 1 is 1.07 bits per heavy atom. The zero-order valence-corrected chi connectivity index (χ0v) is 17.4. The van der Waals surface area contributed by atoms with Crippen molar-refractivity contribution in [2.45, 2.75) is 32.8 Å². The fourth-order valence-electron chi connectivity index (χ4n) is 3.31. The molecule has 6 nitrogen and oxygen atoms in total. The Morgan fingerprint density at radius 2 is 1.87 bits per heavy atom. The number of hydrogen-bond donors (Lipinski definition) is 2. The van der Waals surface area contributed by atoms with Crippen LogP contribution in [0.1, 0.15) is 25.3 Å². The van der Waals surface area contributed by atoms with Crippen molar-refractivity contribution < 1.29 is 14.3 Å². The van der Waals surface area contributed by atoms with Crippen LogP contribution in [0.4, 0.5) is 11.5 Å². The van der Waals surface area contributed by atoms with Gasteiger partial charge < -0.3 is 15.4 Å². The van der Waals surface area contributed by atoms with Gasteiger partial charge in [0, 0.05) is 30.3 Å². The minimum atomic E-state index is -0.518. The monoisotopic (exact) mass is 403 g/mol. The molecule has 0 spiro atoms. The Hall–Kier alpha value is -3.25. The van der Waals surface area contributed by atoms with Crippen LogP contribution in [0.15, 0.2) is 48.7 Å². The summed E-state index contributed by atoms with van der Waals surface area (Å²) < 4.78 is 5.08. The molecule has 1 unspecified atom stereocenters. The Labute approximate surface area is 175 Å². The number of carbonyl (C=O) groups is 2. The zero-order chi connectivity index (χ0) is 21.3. The lowest BCUT2D eigenvalue weighted by Crippen LogP contribution is -2.26. The van der Waals surface area contributed by atoms with Gasteiger partial charge in [0.2, 0.25) is 5.91 Å². The number of hydrogen-bond acceptors (Lipinski definition) is 4. The number of amides is 2. The highest BCUT2D eigenvalue weighted by Crippen LogP contribution is 2.32. The van der Waals surface area contributed by atoms with Crippen LogP contribution in [-0.2, 0) is 14.3 Å². The lowest BCUT2D eigenvalue weighted by atomic mass is 9.97. The third-order valence-corrected chi connectivity index (χ3v) is 5.46. The number of aromatic nitrogens is 1. The van der Waals surface area contributed by atoms with Crippen molar-refractivity contribution >= 4 is 34.1 Å². The van der Waals surface area contributed by atoms with Crippen LogP contribution >= 0.6 is 0 Å². The topological polar surface area (TPSA) is 80.3 Å². The van der Waals surface area contributed by atoms with Gasteiger partial charge in [-0.3, -0.25) is 9.59 Å².